The number of fused-ring (bicyclic) bond motifs is 2. The zero-order chi connectivity index (χ0) is 22.9. The van der Waals surface area contributed by atoms with E-state index in [1.165, 1.54) is 4.90 Å². The van der Waals surface area contributed by atoms with E-state index in [0.717, 1.165) is 32.1 Å². The molecule has 0 N–H and O–H groups in total. The van der Waals surface area contributed by atoms with Crippen LogP contribution in [0.3, 0.4) is 0 Å². The van der Waals surface area contributed by atoms with Crippen molar-refractivity contribution < 1.29 is 23.9 Å². The Labute approximate surface area is 193 Å². The first-order valence-electron chi connectivity index (χ1n) is 11.6. The van der Waals surface area contributed by atoms with Gasteiger partial charge in [-0.25, -0.2) is 0 Å². The van der Waals surface area contributed by atoms with Gasteiger partial charge in [0.15, 0.2) is 12.4 Å². The molecule has 1 amide bonds. The molecule has 3 aliphatic carbocycles. The van der Waals surface area contributed by atoms with Crippen LogP contribution in [0.15, 0.2) is 24.3 Å². The normalized spacial score (nSPS) is 30.0. The van der Waals surface area contributed by atoms with Gasteiger partial charge in [-0.15, -0.1) is 0 Å². The quantitative estimate of drug-likeness (QED) is 0.620. The molecule has 7 heteroatoms. The zero-order valence-electron chi connectivity index (χ0n) is 18.5. The summed E-state index contributed by atoms with van der Waals surface area (Å²) in [5.41, 5.74) is -0.527. The van der Waals surface area contributed by atoms with Gasteiger partial charge in [0.05, 0.1) is 5.92 Å². The van der Waals surface area contributed by atoms with E-state index in [9.17, 15) is 19.2 Å². The molecule has 3 aliphatic rings. The van der Waals surface area contributed by atoms with E-state index < -0.39 is 24.0 Å². The molecule has 0 saturated heterocycles. The van der Waals surface area contributed by atoms with Crippen molar-refractivity contribution in [2.75, 3.05) is 13.7 Å². The van der Waals surface area contributed by atoms with Crippen molar-refractivity contribution in [2.45, 2.75) is 63.3 Å². The summed E-state index contributed by atoms with van der Waals surface area (Å²) in [4.78, 5) is 52.7. The maximum absolute atomic E-state index is 13.2. The van der Waals surface area contributed by atoms with Crippen LogP contribution >= 0.6 is 11.6 Å². The first-order valence-corrected chi connectivity index (χ1v) is 12.0. The highest BCUT2D eigenvalue weighted by Gasteiger charge is 2.48. The number of nitrogens with zero attached hydrogens (tertiary/aromatic N) is 1. The van der Waals surface area contributed by atoms with Gasteiger partial charge in [-0.3, -0.25) is 19.2 Å². The Bertz CT molecular complexity index is 915. The van der Waals surface area contributed by atoms with Crippen molar-refractivity contribution in [3.8, 4) is 0 Å². The van der Waals surface area contributed by atoms with Crippen LogP contribution in [0.1, 0.15) is 63.4 Å². The second kappa shape index (κ2) is 9.34. The average molecular weight is 460 g/mol. The summed E-state index contributed by atoms with van der Waals surface area (Å²) in [5, 5.41) is 0.442. The van der Waals surface area contributed by atoms with Gasteiger partial charge in [-0.2, -0.15) is 0 Å². The monoisotopic (exact) mass is 459 g/mol. The van der Waals surface area contributed by atoms with Crippen LogP contribution in [0.5, 0.6) is 0 Å². The second-order valence-corrected chi connectivity index (χ2v) is 9.83. The lowest BCUT2D eigenvalue weighted by Crippen LogP contribution is -2.55. The highest BCUT2D eigenvalue weighted by atomic mass is 35.5. The molecule has 172 valence electrons. The van der Waals surface area contributed by atoms with Crippen LogP contribution in [0.4, 0.5) is 0 Å². The van der Waals surface area contributed by atoms with Gasteiger partial charge >= 0.3 is 5.97 Å². The molecule has 3 saturated carbocycles. The number of carbonyl (C=O) groups excluding carboxylic acids is 4. The first-order chi connectivity index (χ1) is 15.3. The van der Waals surface area contributed by atoms with Crippen LogP contribution in [-0.4, -0.2) is 42.0 Å². The minimum Gasteiger partial charge on any atom is -0.455 e. The Morgan fingerprint density at radius 2 is 1.78 bits per heavy atom. The Morgan fingerprint density at radius 3 is 2.44 bits per heavy atom. The lowest BCUT2D eigenvalue weighted by molar-refractivity contribution is -0.162. The summed E-state index contributed by atoms with van der Waals surface area (Å²) in [5.74, 6) is -1.05. The number of Topliss-reactive ketones (excluding diaryl/α,β-unsaturated/α-hetero) is 2. The molecule has 1 aromatic rings. The van der Waals surface area contributed by atoms with Crippen LogP contribution in [-0.2, 0) is 29.5 Å². The molecule has 0 heterocycles. The molecule has 1 aromatic carbocycles. The largest absolute Gasteiger partial charge is 0.455 e. The number of amides is 1. The minimum atomic E-state index is -1.14. The zero-order valence-corrected chi connectivity index (χ0v) is 19.2. The van der Waals surface area contributed by atoms with Crippen LogP contribution in [0, 0.1) is 17.8 Å². The third kappa shape index (κ3) is 4.09. The number of hydrogen-bond donors (Lipinski definition) is 0. The van der Waals surface area contributed by atoms with E-state index in [1.807, 2.05) is 6.07 Å². The Hall–Kier alpha value is -2.21. The Balaban J connectivity index is 1.46. The fourth-order valence-corrected chi connectivity index (χ4v) is 6.15. The van der Waals surface area contributed by atoms with Gasteiger partial charge in [-0.05, 0) is 51.0 Å². The maximum atomic E-state index is 13.2. The highest BCUT2D eigenvalue weighted by molar-refractivity contribution is 6.31. The van der Waals surface area contributed by atoms with Crippen LogP contribution in [0.25, 0.3) is 0 Å². The molecule has 3 fully saturated rings. The fraction of sp³-hybridized carbons (Fsp3) is 0.600. The van der Waals surface area contributed by atoms with E-state index in [1.54, 1.807) is 25.2 Å². The summed E-state index contributed by atoms with van der Waals surface area (Å²) in [7, 11) is 1.59. The summed E-state index contributed by atoms with van der Waals surface area (Å²) < 4.78 is 5.42. The molecule has 3 atom stereocenters. The topological polar surface area (TPSA) is 80.8 Å². The number of esters is 1. The van der Waals surface area contributed by atoms with Crippen molar-refractivity contribution >= 4 is 35.0 Å². The van der Waals surface area contributed by atoms with E-state index in [2.05, 4.69) is 0 Å². The average Bonchev–Trinajstić information content (AvgIpc) is 2.77. The summed E-state index contributed by atoms with van der Waals surface area (Å²) in [6.07, 6.45) is 6.18. The van der Waals surface area contributed by atoms with E-state index in [4.69, 9.17) is 16.3 Å². The van der Waals surface area contributed by atoms with E-state index >= 15 is 0 Å². The lowest BCUT2D eigenvalue weighted by atomic mass is 9.67. The third-order valence-electron chi connectivity index (χ3n) is 7.64. The molecule has 0 aromatic heterocycles. The van der Waals surface area contributed by atoms with Gasteiger partial charge in [0.1, 0.15) is 11.3 Å². The number of ketones is 2. The number of rotatable bonds is 5. The molecule has 32 heavy (non-hydrogen) atoms. The van der Waals surface area contributed by atoms with E-state index in [0.29, 0.717) is 36.3 Å². The minimum absolute atomic E-state index is 0.0438. The predicted molar refractivity (Wildman–Crippen MR) is 119 cm³/mol. The first kappa shape index (κ1) is 23.0. The number of ether oxygens (including phenoxy) is 1. The summed E-state index contributed by atoms with van der Waals surface area (Å²) in [6.45, 7) is -0.422. The van der Waals surface area contributed by atoms with Gasteiger partial charge < -0.3 is 9.64 Å². The fourth-order valence-electron chi connectivity index (χ4n) is 5.86. The van der Waals surface area contributed by atoms with Gasteiger partial charge in [0.2, 0.25) is 0 Å². The molecular formula is C25H30ClNO5. The number of likely N-dealkylation sites (N-methyl/N-ethyl adjacent to an activating group) is 1. The highest BCUT2D eigenvalue weighted by Crippen LogP contribution is 2.43. The van der Waals surface area contributed by atoms with Gasteiger partial charge in [0.25, 0.3) is 5.91 Å². The van der Waals surface area contributed by atoms with Crippen LogP contribution < -0.4 is 0 Å². The Kier molecular flexibility index (Phi) is 6.70. The van der Waals surface area contributed by atoms with Crippen molar-refractivity contribution in [3.63, 3.8) is 0 Å². The molecule has 6 nitrogen and oxygen atoms in total. The third-order valence-corrected chi connectivity index (χ3v) is 7.97. The predicted octanol–water partition coefficient (Wildman–Crippen LogP) is 4.08. The molecule has 0 aliphatic heterocycles. The van der Waals surface area contributed by atoms with Crippen molar-refractivity contribution in [2.24, 2.45) is 17.8 Å². The number of benzene rings is 1. The Morgan fingerprint density at radius 1 is 1.09 bits per heavy atom. The molecule has 0 spiro atoms. The van der Waals surface area contributed by atoms with Crippen molar-refractivity contribution in [1.29, 1.82) is 0 Å². The van der Waals surface area contributed by atoms with Gasteiger partial charge in [0, 0.05) is 35.9 Å². The molecule has 4 rings (SSSR count). The van der Waals surface area contributed by atoms with Gasteiger partial charge in [-0.1, -0.05) is 36.2 Å². The number of halogens is 1. The molecule has 0 radical (unpaired) electrons. The van der Waals surface area contributed by atoms with Crippen molar-refractivity contribution in [1.82, 2.24) is 4.90 Å². The second-order valence-electron chi connectivity index (χ2n) is 9.43. The molecular weight excluding hydrogens is 430 g/mol. The molecule has 2 bridgehead atoms. The summed E-state index contributed by atoms with van der Waals surface area (Å²) in [6, 6.07) is 7.12. The lowest BCUT2D eigenvalue weighted by Gasteiger charge is -2.44. The van der Waals surface area contributed by atoms with Crippen molar-refractivity contribution in [3.05, 3.63) is 34.9 Å². The number of hydrogen-bond acceptors (Lipinski definition) is 5. The SMILES string of the molecule is CN(C(=O)COC(=O)C1CC2CCCC(C1)C2=O)C1(c2ccccc2Cl)CCCCC1=O. The van der Waals surface area contributed by atoms with Crippen LogP contribution in [0.2, 0.25) is 5.02 Å². The molecule has 3 unspecified atom stereocenters. The maximum Gasteiger partial charge on any atom is 0.309 e. The number of carbonyl (C=O) groups is 4. The standard InChI is InChI=1S/C25H30ClNO5/c1-27(25(12-5-4-11-21(25)28)19-9-2-3-10-20(19)26)22(29)15-32-24(31)18-13-16-7-6-8-17(14-18)23(16)30/h2-3,9-10,16-18H,4-8,11-15H2,1H3. The van der Waals surface area contributed by atoms with E-state index in [-0.39, 0.29) is 29.3 Å². The summed E-state index contributed by atoms with van der Waals surface area (Å²) >= 11 is 6.45. The smallest absolute Gasteiger partial charge is 0.309 e.